The highest BCUT2D eigenvalue weighted by molar-refractivity contribution is 7.92. The number of carbonyl (C=O) groups is 1. The van der Waals surface area contributed by atoms with E-state index in [0.717, 1.165) is 28.8 Å². The fourth-order valence-electron chi connectivity index (χ4n) is 6.15. The molecule has 0 aromatic heterocycles. The van der Waals surface area contributed by atoms with Gasteiger partial charge < -0.3 is 10.6 Å². The molecule has 0 unspecified atom stereocenters. The molecule has 2 heterocycles. The van der Waals surface area contributed by atoms with Gasteiger partial charge in [0, 0.05) is 37.4 Å². The van der Waals surface area contributed by atoms with Crippen molar-refractivity contribution in [2.75, 3.05) is 20.1 Å². The van der Waals surface area contributed by atoms with Gasteiger partial charge in [0.2, 0.25) is 10.0 Å². The van der Waals surface area contributed by atoms with Gasteiger partial charge in [-0.05, 0) is 100 Å². The summed E-state index contributed by atoms with van der Waals surface area (Å²) in [5, 5.41) is 7.30. The summed E-state index contributed by atoms with van der Waals surface area (Å²) < 4.78 is 65.3. The number of aryl methyl sites for hydroxylation is 2. The number of rotatable bonds is 8. The maximum absolute atomic E-state index is 13.1. The SMILES string of the molecule is CNCc1cc(C)c(/C=C/S(=O)(=O)N2CCC3(CC2)N=C(C2CCC(CCC(F)(F)F)CC2)NC3=O)c(C)c1. The normalized spacial score (nSPS) is 24.4. The Morgan fingerprint density at radius 2 is 1.74 bits per heavy atom. The molecule has 1 spiro atoms. The van der Waals surface area contributed by atoms with Crippen LogP contribution in [-0.2, 0) is 21.4 Å². The number of piperidine rings is 1. The molecule has 1 saturated carbocycles. The molecule has 7 nitrogen and oxygen atoms in total. The lowest BCUT2D eigenvalue weighted by molar-refractivity contribution is -0.138. The van der Waals surface area contributed by atoms with E-state index in [1.165, 1.54) is 9.71 Å². The van der Waals surface area contributed by atoms with Crippen molar-refractivity contribution in [3.05, 3.63) is 39.8 Å². The molecule has 11 heteroatoms. The Kier molecular flexibility index (Phi) is 8.92. The molecule has 216 valence electrons. The number of hydrogen-bond acceptors (Lipinski definition) is 5. The lowest BCUT2D eigenvalue weighted by Gasteiger charge is -2.34. The van der Waals surface area contributed by atoms with E-state index in [9.17, 15) is 26.4 Å². The van der Waals surface area contributed by atoms with Crippen LogP contribution in [0.4, 0.5) is 13.2 Å². The van der Waals surface area contributed by atoms with Gasteiger partial charge in [-0.3, -0.25) is 9.79 Å². The molecule has 1 saturated heterocycles. The average molecular weight is 569 g/mol. The second-order valence-electron chi connectivity index (χ2n) is 11.3. The molecule has 1 aromatic rings. The molecule has 4 rings (SSSR count). The smallest absolute Gasteiger partial charge is 0.316 e. The number of carbonyl (C=O) groups excluding carboxylic acids is 1. The second-order valence-corrected chi connectivity index (χ2v) is 13.1. The van der Waals surface area contributed by atoms with Crippen LogP contribution in [0.5, 0.6) is 0 Å². The van der Waals surface area contributed by atoms with Crippen molar-refractivity contribution < 1.29 is 26.4 Å². The molecule has 2 aliphatic heterocycles. The van der Waals surface area contributed by atoms with Crippen molar-refractivity contribution in [3.8, 4) is 0 Å². The first-order valence-electron chi connectivity index (χ1n) is 13.7. The largest absolute Gasteiger partial charge is 0.389 e. The molecular weight excluding hydrogens is 529 g/mol. The Hall–Kier alpha value is -2.24. The van der Waals surface area contributed by atoms with Crippen molar-refractivity contribution in [2.45, 2.75) is 83.5 Å². The van der Waals surface area contributed by atoms with E-state index in [1.54, 1.807) is 6.08 Å². The molecule has 0 bridgehead atoms. The van der Waals surface area contributed by atoms with Gasteiger partial charge >= 0.3 is 6.18 Å². The monoisotopic (exact) mass is 568 g/mol. The van der Waals surface area contributed by atoms with Crippen molar-refractivity contribution in [1.82, 2.24) is 14.9 Å². The van der Waals surface area contributed by atoms with Crippen LogP contribution in [0.3, 0.4) is 0 Å². The molecule has 1 aromatic carbocycles. The number of amidine groups is 1. The minimum absolute atomic E-state index is 0.0335. The standard InChI is InChI=1S/C28H39F3N4O3S/c1-19-16-22(18-32-3)17-20(2)24(19)9-15-39(37,38)35-13-11-27(12-14-35)26(36)33-25(34-27)23-6-4-21(5-7-23)8-10-28(29,30)31/h9,15-17,21,23,32H,4-8,10-14,18H2,1-3H3,(H,33,34,36)/b15-9+. The Labute approximate surface area is 229 Å². The van der Waals surface area contributed by atoms with Gasteiger partial charge in [0.1, 0.15) is 11.4 Å². The van der Waals surface area contributed by atoms with E-state index in [2.05, 4.69) is 10.6 Å². The number of sulfonamides is 1. The second kappa shape index (κ2) is 11.7. The first-order valence-corrected chi connectivity index (χ1v) is 15.2. The lowest BCUT2D eigenvalue weighted by atomic mass is 9.79. The number of amides is 1. The van der Waals surface area contributed by atoms with Crippen LogP contribution >= 0.6 is 0 Å². The molecule has 1 aliphatic carbocycles. The summed E-state index contributed by atoms with van der Waals surface area (Å²) in [6, 6.07) is 4.09. The predicted octanol–water partition coefficient (Wildman–Crippen LogP) is 4.84. The van der Waals surface area contributed by atoms with Crippen LogP contribution in [0, 0.1) is 25.7 Å². The molecule has 0 radical (unpaired) electrons. The number of nitrogens with one attached hydrogen (secondary N) is 2. The first kappa shape index (κ1) is 29.7. The topological polar surface area (TPSA) is 90.9 Å². The summed E-state index contributed by atoms with van der Waals surface area (Å²) in [6.07, 6.45) is 0.322. The number of halogens is 3. The van der Waals surface area contributed by atoms with Crippen LogP contribution in [0.15, 0.2) is 22.5 Å². The molecule has 39 heavy (non-hydrogen) atoms. The fourth-order valence-corrected chi connectivity index (χ4v) is 7.32. The predicted molar refractivity (Wildman–Crippen MR) is 146 cm³/mol. The van der Waals surface area contributed by atoms with E-state index in [1.807, 2.05) is 33.0 Å². The Morgan fingerprint density at radius 3 is 2.31 bits per heavy atom. The highest BCUT2D eigenvalue weighted by Gasteiger charge is 2.48. The number of aliphatic imine (C=N–C) groups is 1. The van der Waals surface area contributed by atoms with E-state index >= 15 is 0 Å². The molecule has 2 fully saturated rings. The zero-order valence-electron chi connectivity index (χ0n) is 22.9. The summed E-state index contributed by atoms with van der Waals surface area (Å²) in [7, 11) is -1.79. The summed E-state index contributed by atoms with van der Waals surface area (Å²) >= 11 is 0. The first-order chi connectivity index (χ1) is 18.3. The van der Waals surface area contributed by atoms with Crippen LogP contribution in [0.25, 0.3) is 6.08 Å². The van der Waals surface area contributed by atoms with Crippen molar-refractivity contribution in [1.29, 1.82) is 0 Å². The van der Waals surface area contributed by atoms with E-state index in [0.29, 0.717) is 44.4 Å². The van der Waals surface area contributed by atoms with Crippen molar-refractivity contribution in [2.24, 2.45) is 16.8 Å². The van der Waals surface area contributed by atoms with Gasteiger partial charge in [0.05, 0.1) is 0 Å². The number of hydrogen-bond donors (Lipinski definition) is 2. The van der Waals surface area contributed by atoms with E-state index in [4.69, 9.17) is 4.99 Å². The third kappa shape index (κ3) is 7.10. The zero-order valence-corrected chi connectivity index (χ0v) is 23.7. The van der Waals surface area contributed by atoms with Gasteiger partial charge in [-0.2, -0.15) is 17.5 Å². The minimum Gasteiger partial charge on any atom is -0.316 e. The summed E-state index contributed by atoms with van der Waals surface area (Å²) in [6.45, 7) is 5.06. The number of alkyl halides is 3. The molecular formula is C28H39F3N4O3S. The summed E-state index contributed by atoms with van der Waals surface area (Å²) in [5.41, 5.74) is 3.06. The number of benzene rings is 1. The quantitative estimate of drug-likeness (QED) is 0.470. The average Bonchev–Trinajstić information content (AvgIpc) is 3.18. The molecule has 0 atom stereocenters. The van der Waals surface area contributed by atoms with Gasteiger partial charge in [-0.25, -0.2) is 8.42 Å². The van der Waals surface area contributed by atoms with Gasteiger partial charge in [0.15, 0.2) is 0 Å². The van der Waals surface area contributed by atoms with Crippen LogP contribution in [0.1, 0.15) is 73.6 Å². The Morgan fingerprint density at radius 1 is 1.13 bits per heavy atom. The highest BCUT2D eigenvalue weighted by atomic mass is 32.2. The third-order valence-corrected chi connectivity index (χ3v) is 9.98. The number of nitrogens with zero attached hydrogens (tertiary/aromatic N) is 2. The maximum atomic E-state index is 13.1. The fraction of sp³-hybridized carbons (Fsp3) is 0.643. The van der Waals surface area contributed by atoms with Crippen molar-refractivity contribution in [3.63, 3.8) is 0 Å². The van der Waals surface area contributed by atoms with E-state index < -0.39 is 28.2 Å². The van der Waals surface area contributed by atoms with Crippen LogP contribution in [-0.4, -0.2) is 56.3 Å². The van der Waals surface area contributed by atoms with Crippen LogP contribution in [0.2, 0.25) is 0 Å². The zero-order chi connectivity index (χ0) is 28.4. The summed E-state index contributed by atoms with van der Waals surface area (Å²) in [4.78, 5) is 17.7. The van der Waals surface area contributed by atoms with E-state index in [-0.39, 0.29) is 37.3 Å². The van der Waals surface area contributed by atoms with Crippen molar-refractivity contribution >= 4 is 27.8 Å². The third-order valence-electron chi connectivity index (χ3n) is 8.42. The highest BCUT2D eigenvalue weighted by Crippen LogP contribution is 2.38. The Bertz CT molecular complexity index is 1200. The van der Waals surface area contributed by atoms with Gasteiger partial charge in [-0.15, -0.1) is 0 Å². The van der Waals surface area contributed by atoms with Gasteiger partial charge in [0.25, 0.3) is 5.91 Å². The maximum Gasteiger partial charge on any atom is 0.389 e. The Balaban J connectivity index is 1.36. The molecule has 2 N–H and O–H groups in total. The minimum atomic E-state index is -4.12. The molecule has 3 aliphatic rings. The summed E-state index contributed by atoms with van der Waals surface area (Å²) in [5.74, 6) is 0.511. The molecule has 1 amide bonds. The van der Waals surface area contributed by atoms with Crippen LogP contribution < -0.4 is 10.6 Å². The van der Waals surface area contributed by atoms with Gasteiger partial charge in [-0.1, -0.05) is 12.1 Å². The lowest BCUT2D eigenvalue weighted by Crippen LogP contribution is -2.50.